The number of carbonyl (C=O) groups excluding carboxylic acids is 2. The van der Waals surface area contributed by atoms with E-state index in [4.69, 9.17) is 16.3 Å². The first-order valence-electron chi connectivity index (χ1n) is 11.2. The zero-order chi connectivity index (χ0) is 24.0. The number of carbonyl (C=O) groups is 2. The summed E-state index contributed by atoms with van der Waals surface area (Å²) in [6.45, 7) is 3.73. The molecule has 1 heterocycles. The lowest BCUT2D eigenvalue weighted by molar-refractivity contribution is -0.140. The molecule has 1 N–H and O–H groups in total. The van der Waals surface area contributed by atoms with E-state index in [1.807, 2.05) is 43.3 Å². The number of likely N-dealkylation sites (tertiary alicyclic amines) is 1. The monoisotopic (exact) mass is 470 g/mol. The molecule has 7 heteroatoms. The van der Waals surface area contributed by atoms with Gasteiger partial charge < -0.3 is 19.6 Å². The molecule has 3 rings (SSSR count). The van der Waals surface area contributed by atoms with Gasteiger partial charge in [0.2, 0.25) is 0 Å². The molecular weight excluding hydrogens is 440 g/mol. The SMILES string of the molecule is CCCCCOc1ccc(C2C(=C(O)c3ccc(Cl)cc3)C(=O)C(=O)N2CCN(C)C)cc1. The van der Waals surface area contributed by atoms with Crippen molar-refractivity contribution in [3.63, 3.8) is 0 Å². The van der Waals surface area contributed by atoms with Gasteiger partial charge in [-0.3, -0.25) is 9.59 Å². The van der Waals surface area contributed by atoms with Crippen molar-refractivity contribution in [3.8, 4) is 5.75 Å². The molecule has 1 aliphatic heterocycles. The molecule has 0 aliphatic carbocycles. The Bertz CT molecular complexity index is 1000. The summed E-state index contributed by atoms with van der Waals surface area (Å²) in [5.74, 6) is -0.775. The Morgan fingerprint density at radius 2 is 1.73 bits per heavy atom. The molecule has 6 nitrogen and oxygen atoms in total. The van der Waals surface area contributed by atoms with Crippen molar-refractivity contribution in [2.75, 3.05) is 33.8 Å². The zero-order valence-electron chi connectivity index (χ0n) is 19.4. The second-order valence-electron chi connectivity index (χ2n) is 8.43. The van der Waals surface area contributed by atoms with Crippen LogP contribution in [0.2, 0.25) is 5.02 Å². The second kappa shape index (κ2) is 11.3. The highest BCUT2D eigenvalue weighted by atomic mass is 35.5. The number of amides is 1. The van der Waals surface area contributed by atoms with E-state index < -0.39 is 17.7 Å². The summed E-state index contributed by atoms with van der Waals surface area (Å²) in [7, 11) is 3.81. The van der Waals surface area contributed by atoms with Gasteiger partial charge in [-0.15, -0.1) is 0 Å². The maximum absolute atomic E-state index is 13.0. The molecule has 0 spiro atoms. The average Bonchev–Trinajstić information content (AvgIpc) is 3.05. The molecule has 0 radical (unpaired) electrons. The van der Waals surface area contributed by atoms with Gasteiger partial charge in [0, 0.05) is 23.7 Å². The first kappa shape index (κ1) is 24.8. The number of benzene rings is 2. The molecule has 1 saturated heterocycles. The van der Waals surface area contributed by atoms with E-state index in [0.717, 1.165) is 30.6 Å². The number of rotatable bonds is 10. The van der Waals surface area contributed by atoms with Gasteiger partial charge in [-0.1, -0.05) is 43.5 Å². The Hall–Kier alpha value is -2.83. The Morgan fingerprint density at radius 3 is 2.33 bits per heavy atom. The zero-order valence-corrected chi connectivity index (χ0v) is 20.1. The number of aliphatic hydroxyl groups is 1. The smallest absolute Gasteiger partial charge is 0.295 e. The number of nitrogens with zero attached hydrogens (tertiary/aromatic N) is 2. The van der Waals surface area contributed by atoms with Crippen LogP contribution in [0.3, 0.4) is 0 Å². The molecule has 0 saturated carbocycles. The number of likely N-dealkylation sites (N-methyl/N-ethyl adjacent to an activating group) is 1. The van der Waals surface area contributed by atoms with E-state index in [2.05, 4.69) is 6.92 Å². The summed E-state index contributed by atoms with van der Waals surface area (Å²) in [6, 6.07) is 13.2. The van der Waals surface area contributed by atoms with Crippen LogP contribution in [-0.2, 0) is 9.59 Å². The molecule has 33 heavy (non-hydrogen) atoms. The lowest BCUT2D eigenvalue weighted by Gasteiger charge is -2.26. The quantitative estimate of drug-likeness (QED) is 0.231. The third kappa shape index (κ3) is 5.95. The topological polar surface area (TPSA) is 70.1 Å². The third-order valence-corrected chi connectivity index (χ3v) is 5.91. The summed E-state index contributed by atoms with van der Waals surface area (Å²) in [6.07, 6.45) is 3.23. The normalized spacial score (nSPS) is 17.7. The number of hydrogen-bond acceptors (Lipinski definition) is 5. The van der Waals surface area contributed by atoms with Crippen LogP contribution in [0.25, 0.3) is 5.76 Å². The van der Waals surface area contributed by atoms with Gasteiger partial charge >= 0.3 is 0 Å². The first-order chi connectivity index (χ1) is 15.8. The number of unbranched alkanes of at least 4 members (excludes halogenated alkanes) is 2. The van der Waals surface area contributed by atoms with E-state index in [-0.39, 0.29) is 11.3 Å². The van der Waals surface area contributed by atoms with Crippen LogP contribution in [0.15, 0.2) is 54.1 Å². The molecular formula is C26H31ClN2O4. The highest BCUT2D eigenvalue weighted by Gasteiger charge is 2.45. The number of aliphatic hydroxyl groups excluding tert-OH is 1. The summed E-state index contributed by atoms with van der Waals surface area (Å²) in [5, 5.41) is 11.6. The highest BCUT2D eigenvalue weighted by molar-refractivity contribution is 6.46. The van der Waals surface area contributed by atoms with Crippen LogP contribution >= 0.6 is 11.6 Å². The number of ether oxygens (including phenoxy) is 1. The van der Waals surface area contributed by atoms with Crippen molar-refractivity contribution in [1.82, 2.24) is 9.80 Å². The third-order valence-electron chi connectivity index (χ3n) is 5.66. The number of halogens is 1. The van der Waals surface area contributed by atoms with Crippen LogP contribution in [0.1, 0.15) is 43.4 Å². The van der Waals surface area contributed by atoms with Gasteiger partial charge in [0.05, 0.1) is 18.2 Å². The minimum Gasteiger partial charge on any atom is -0.507 e. The van der Waals surface area contributed by atoms with Crippen LogP contribution < -0.4 is 4.74 Å². The van der Waals surface area contributed by atoms with Gasteiger partial charge in [0.1, 0.15) is 11.5 Å². The van der Waals surface area contributed by atoms with Gasteiger partial charge in [0.15, 0.2) is 0 Å². The summed E-state index contributed by atoms with van der Waals surface area (Å²) in [5.41, 5.74) is 1.26. The van der Waals surface area contributed by atoms with E-state index in [1.165, 1.54) is 4.90 Å². The standard InChI is InChI=1S/C26H31ClN2O4/c1-4-5-6-17-33-21-13-9-18(10-14-21)23-22(24(30)19-7-11-20(27)12-8-19)25(31)26(32)29(23)16-15-28(2)3/h7-14,23,30H,4-6,15-17H2,1-3H3. The second-order valence-corrected chi connectivity index (χ2v) is 8.86. The summed E-state index contributed by atoms with van der Waals surface area (Å²) in [4.78, 5) is 29.4. The van der Waals surface area contributed by atoms with Gasteiger partial charge in [-0.2, -0.15) is 0 Å². The van der Waals surface area contributed by atoms with Gasteiger partial charge in [-0.05, 0) is 62.5 Å². The Morgan fingerprint density at radius 1 is 1.06 bits per heavy atom. The molecule has 1 aliphatic rings. The Kier molecular flexibility index (Phi) is 8.53. The molecule has 1 unspecified atom stereocenters. The van der Waals surface area contributed by atoms with Gasteiger partial charge in [0.25, 0.3) is 11.7 Å². The van der Waals surface area contributed by atoms with Crippen LogP contribution in [0, 0.1) is 0 Å². The molecule has 0 bridgehead atoms. The number of ketones is 1. The minimum absolute atomic E-state index is 0.0812. The lowest BCUT2D eigenvalue weighted by Crippen LogP contribution is -2.35. The van der Waals surface area contributed by atoms with E-state index in [0.29, 0.717) is 30.3 Å². The van der Waals surface area contributed by atoms with Crippen LogP contribution in [0.4, 0.5) is 0 Å². The van der Waals surface area contributed by atoms with Crippen molar-refractivity contribution < 1.29 is 19.4 Å². The van der Waals surface area contributed by atoms with Crippen molar-refractivity contribution in [1.29, 1.82) is 0 Å². The predicted octanol–water partition coefficient (Wildman–Crippen LogP) is 4.89. The predicted molar refractivity (Wildman–Crippen MR) is 130 cm³/mol. The maximum Gasteiger partial charge on any atom is 0.295 e. The number of Topliss-reactive ketones (excluding diaryl/α,β-unsaturated/α-hetero) is 1. The first-order valence-corrected chi connectivity index (χ1v) is 11.6. The molecule has 2 aromatic rings. The van der Waals surface area contributed by atoms with Crippen LogP contribution in [0.5, 0.6) is 5.75 Å². The fourth-order valence-electron chi connectivity index (χ4n) is 3.82. The van der Waals surface area contributed by atoms with Crippen molar-refractivity contribution >= 4 is 29.1 Å². The molecule has 1 atom stereocenters. The van der Waals surface area contributed by atoms with Gasteiger partial charge in [-0.25, -0.2) is 0 Å². The fraction of sp³-hybridized carbons (Fsp3) is 0.385. The molecule has 2 aromatic carbocycles. The Labute approximate surface area is 200 Å². The molecule has 176 valence electrons. The average molecular weight is 471 g/mol. The number of hydrogen-bond donors (Lipinski definition) is 1. The minimum atomic E-state index is -0.689. The largest absolute Gasteiger partial charge is 0.507 e. The van der Waals surface area contributed by atoms with Crippen LogP contribution in [-0.4, -0.2) is 60.4 Å². The Balaban J connectivity index is 1.97. The molecule has 1 amide bonds. The summed E-state index contributed by atoms with van der Waals surface area (Å²) < 4.78 is 5.80. The maximum atomic E-state index is 13.0. The highest BCUT2D eigenvalue weighted by Crippen LogP contribution is 2.39. The molecule has 0 aromatic heterocycles. The van der Waals surface area contributed by atoms with E-state index in [9.17, 15) is 14.7 Å². The van der Waals surface area contributed by atoms with Crippen molar-refractivity contribution in [2.24, 2.45) is 0 Å². The van der Waals surface area contributed by atoms with Crippen molar-refractivity contribution in [2.45, 2.75) is 32.2 Å². The van der Waals surface area contributed by atoms with E-state index >= 15 is 0 Å². The van der Waals surface area contributed by atoms with Crippen molar-refractivity contribution in [3.05, 3.63) is 70.3 Å². The fourth-order valence-corrected chi connectivity index (χ4v) is 3.94. The van der Waals surface area contributed by atoms with E-state index in [1.54, 1.807) is 24.3 Å². The lowest BCUT2D eigenvalue weighted by atomic mass is 9.95. The molecule has 1 fully saturated rings. The summed E-state index contributed by atoms with van der Waals surface area (Å²) >= 11 is 5.97.